The predicted molar refractivity (Wildman–Crippen MR) is 33.8 cm³/mol. The van der Waals surface area contributed by atoms with Crippen LogP contribution in [0.5, 0.6) is 0 Å². The predicted octanol–water partition coefficient (Wildman–Crippen LogP) is 0.453. The number of rotatable bonds is 0. The molecule has 1 aliphatic heterocycles. The van der Waals surface area contributed by atoms with Crippen LogP contribution in [0.3, 0.4) is 0 Å². The Kier molecular flexibility index (Phi) is 0.770. The highest BCUT2D eigenvalue weighted by Crippen LogP contribution is 2.47. The molecule has 0 unspecified atom stereocenters. The van der Waals surface area contributed by atoms with Crippen molar-refractivity contribution in [1.29, 1.82) is 0 Å². The molecule has 1 saturated carbocycles. The van der Waals surface area contributed by atoms with Crippen molar-refractivity contribution >= 4 is 5.91 Å². The molecule has 9 heavy (non-hydrogen) atoms. The van der Waals surface area contributed by atoms with Crippen molar-refractivity contribution in [2.45, 2.75) is 12.8 Å². The molecule has 2 aliphatic rings. The molecule has 1 amide bonds. The Morgan fingerprint density at radius 1 is 1.56 bits per heavy atom. The average Bonchev–Trinajstić information content (AvgIpc) is 2.60. The molecule has 1 fully saturated rings. The molecule has 0 aromatic rings. The number of carbonyl (C=O) groups excluding carboxylic acids is 1. The van der Waals surface area contributed by atoms with Crippen LogP contribution in [0, 0.1) is 5.41 Å². The van der Waals surface area contributed by atoms with E-state index < -0.39 is 0 Å². The summed E-state index contributed by atoms with van der Waals surface area (Å²) in [4.78, 5) is 10.6. The zero-order valence-electron chi connectivity index (χ0n) is 5.18. The molecule has 48 valence electrons. The third kappa shape index (κ3) is 0.745. The maximum absolute atomic E-state index is 10.6. The maximum atomic E-state index is 10.6. The molecule has 1 aliphatic carbocycles. The molecule has 1 heterocycles. The molecule has 1 spiro atoms. The van der Waals surface area contributed by atoms with Gasteiger partial charge in [-0.3, -0.25) is 4.79 Å². The first-order chi connectivity index (χ1) is 4.31. The average molecular weight is 123 g/mol. The van der Waals surface area contributed by atoms with Gasteiger partial charge >= 0.3 is 0 Å². The molecular formula is C7H9NO. The molecule has 1 N–H and O–H groups in total. The Bertz CT molecular complexity index is 179. The van der Waals surface area contributed by atoms with E-state index in [1.807, 2.05) is 6.08 Å². The topological polar surface area (TPSA) is 29.1 Å². The lowest BCUT2D eigenvalue weighted by Crippen LogP contribution is -2.31. The summed E-state index contributed by atoms with van der Waals surface area (Å²) in [7, 11) is 0. The van der Waals surface area contributed by atoms with Crippen molar-refractivity contribution in [2.24, 2.45) is 5.41 Å². The third-order valence-corrected chi connectivity index (χ3v) is 2.10. The minimum absolute atomic E-state index is 0.0625. The molecule has 0 saturated heterocycles. The van der Waals surface area contributed by atoms with Gasteiger partial charge in [0.2, 0.25) is 5.91 Å². The van der Waals surface area contributed by atoms with Gasteiger partial charge in [-0.25, -0.2) is 0 Å². The summed E-state index contributed by atoms with van der Waals surface area (Å²) in [6.07, 6.45) is 6.20. The normalized spacial score (nSPS) is 28.2. The molecule has 0 atom stereocenters. The maximum Gasteiger partial charge on any atom is 0.243 e. The van der Waals surface area contributed by atoms with Gasteiger partial charge < -0.3 is 5.32 Å². The van der Waals surface area contributed by atoms with E-state index in [2.05, 4.69) is 5.32 Å². The van der Waals surface area contributed by atoms with Crippen molar-refractivity contribution in [3.8, 4) is 0 Å². The first-order valence-corrected chi connectivity index (χ1v) is 3.28. The fraction of sp³-hybridized carbons (Fsp3) is 0.571. The van der Waals surface area contributed by atoms with Gasteiger partial charge in [-0.2, -0.15) is 0 Å². The van der Waals surface area contributed by atoms with E-state index in [0.717, 1.165) is 6.54 Å². The van der Waals surface area contributed by atoms with Crippen molar-refractivity contribution < 1.29 is 4.79 Å². The highest BCUT2D eigenvalue weighted by molar-refractivity contribution is 5.88. The molecule has 2 heteroatoms. The molecular weight excluding hydrogens is 114 g/mol. The number of hydrogen-bond donors (Lipinski definition) is 1. The first kappa shape index (κ1) is 5.03. The molecule has 0 bridgehead atoms. The zero-order valence-corrected chi connectivity index (χ0v) is 5.18. The fourth-order valence-corrected chi connectivity index (χ4v) is 1.14. The van der Waals surface area contributed by atoms with E-state index in [0.29, 0.717) is 5.41 Å². The van der Waals surface area contributed by atoms with Gasteiger partial charge in [-0.15, -0.1) is 0 Å². The van der Waals surface area contributed by atoms with Crippen LogP contribution in [0.15, 0.2) is 12.2 Å². The minimum atomic E-state index is 0.0625. The van der Waals surface area contributed by atoms with Crippen molar-refractivity contribution in [3.05, 3.63) is 12.2 Å². The van der Waals surface area contributed by atoms with Crippen molar-refractivity contribution in [2.75, 3.05) is 6.54 Å². The van der Waals surface area contributed by atoms with E-state index in [4.69, 9.17) is 0 Å². The van der Waals surface area contributed by atoms with E-state index in [-0.39, 0.29) is 5.91 Å². The molecule has 0 aromatic carbocycles. The van der Waals surface area contributed by atoms with Crippen LogP contribution in [0.1, 0.15) is 12.8 Å². The van der Waals surface area contributed by atoms with Crippen LogP contribution in [0.25, 0.3) is 0 Å². The summed E-state index contributed by atoms with van der Waals surface area (Å²) in [5.74, 6) is 0.0625. The number of hydrogen-bond acceptors (Lipinski definition) is 1. The number of amides is 1. The van der Waals surface area contributed by atoms with Gasteiger partial charge in [-0.05, 0) is 18.9 Å². The highest BCUT2D eigenvalue weighted by atomic mass is 16.1. The second-order valence-corrected chi connectivity index (χ2v) is 2.91. The van der Waals surface area contributed by atoms with Crippen molar-refractivity contribution in [3.63, 3.8) is 0 Å². The van der Waals surface area contributed by atoms with Gasteiger partial charge in [-0.1, -0.05) is 6.08 Å². The Morgan fingerprint density at radius 2 is 2.33 bits per heavy atom. The number of nitrogens with one attached hydrogen (secondary N) is 1. The van der Waals surface area contributed by atoms with E-state index in [1.54, 1.807) is 6.08 Å². The second kappa shape index (κ2) is 1.38. The lowest BCUT2D eigenvalue weighted by molar-refractivity contribution is -0.117. The van der Waals surface area contributed by atoms with Gasteiger partial charge in [0.05, 0.1) is 0 Å². The lowest BCUT2D eigenvalue weighted by atomic mass is 10.0. The van der Waals surface area contributed by atoms with Gasteiger partial charge in [0.1, 0.15) is 0 Å². The molecule has 2 nitrogen and oxygen atoms in total. The summed E-state index contributed by atoms with van der Waals surface area (Å²) >= 11 is 0. The summed E-state index contributed by atoms with van der Waals surface area (Å²) in [5.41, 5.74) is 0.397. The fourth-order valence-electron chi connectivity index (χ4n) is 1.14. The first-order valence-electron chi connectivity index (χ1n) is 3.28. The summed E-state index contributed by atoms with van der Waals surface area (Å²) in [6, 6.07) is 0. The van der Waals surface area contributed by atoms with Gasteiger partial charge in [0.15, 0.2) is 0 Å². The quantitative estimate of drug-likeness (QED) is 0.498. The van der Waals surface area contributed by atoms with Crippen LogP contribution in [-0.2, 0) is 4.79 Å². The highest BCUT2D eigenvalue weighted by Gasteiger charge is 2.41. The van der Waals surface area contributed by atoms with Crippen LogP contribution >= 0.6 is 0 Å². The molecule has 0 aromatic heterocycles. The SMILES string of the molecule is O=C1C=CC2(CC2)CN1. The van der Waals surface area contributed by atoms with E-state index in [1.165, 1.54) is 12.8 Å². The third-order valence-electron chi connectivity index (χ3n) is 2.10. The van der Waals surface area contributed by atoms with Crippen LogP contribution in [0.2, 0.25) is 0 Å². The lowest BCUT2D eigenvalue weighted by Gasteiger charge is -2.14. The summed E-state index contributed by atoms with van der Waals surface area (Å²) in [6.45, 7) is 0.863. The van der Waals surface area contributed by atoms with E-state index in [9.17, 15) is 4.79 Å². The number of carbonyl (C=O) groups is 1. The summed E-state index contributed by atoms with van der Waals surface area (Å²) < 4.78 is 0. The Balaban J connectivity index is 2.18. The largest absolute Gasteiger partial charge is 0.352 e. The van der Waals surface area contributed by atoms with Crippen LogP contribution in [0.4, 0.5) is 0 Å². The van der Waals surface area contributed by atoms with Gasteiger partial charge in [0.25, 0.3) is 0 Å². The zero-order chi connectivity index (χ0) is 6.32. The smallest absolute Gasteiger partial charge is 0.243 e. The Hall–Kier alpha value is -0.790. The van der Waals surface area contributed by atoms with Crippen molar-refractivity contribution in [1.82, 2.24) is 5.32 Å². The second-order valence-electron chi connectivity index (χ2n) is 2.91. The minimum Gasteiger partial charge on any atom is -0.352 e. The standard InChI is InChI=1S/C7H9NO/c9-6-1-2-7(3-4-7)5-8-6/h1-2H,3-5H2,(H,8,9). The van der Waals surface area contributed by atoms with E-state index >= 15 is 0 Å². The van der Waals surface area contributed by atoms with Crippen LogP contribution in [-0.4, -0.2) is 12.5 Å². The monoisotopic (exact) mass is 123 g/mol. The van der Waals surface area contributed by atoms with Gasteiger partial charge in [0, 0.05) is 12.0 Å². The van der Waals surface area contributed by atoms with Crippen LogP contribution < -0.4 is 5.32 Å². The Morgan fingerprint density at radius 3 is 2.78 bits per heavy atom. The Labute approximate surface area is 53.9 Å². The molecule has 0 radical (unpaired) electrons. The summed E-state index contributed by atoms with van der Waals surface area (Å²) in [5, 5.41) is 2.81. The molecule has 2 rings (SSSR count).